The number of aromatic nitrogens is 1. The number of hydrogen-bond acceptors (Lipinski definition) is 3. The van der Waals surface area contributed by atoms with E-state index >= 15 is 0 Å². The van der Waals surface area contributed by atoms with Crippen LogP contribution in [0.25, 0.3) is 0 Å². The van der Waals surface area contributed by atoms with Crippen molar-refractivity contribution in [2.45, 2.75) is 18.6 Å². The topological polar surface area (TPSA) is 36.4 Å². The van der Waals surface area contributed by atoms with Crippen molar-refractivity contribution >= 4 is 0 Å². The van der Waals surface area contributed by atoms with Crippen molar-refractivity contribution in [2.75, 3.05) is 13.6 Å². The van der Waals surface area contributed by atoms with Crippen molar-refractivity contribution < 1.29 is 5.11 Å². The lowest BCUT2D eigenvalue weighted by atomic mass is 10.0. The van der Waals surface area contributed by atoms with E-state index in [0.29, 0.717) is 0 Å². The zero-order valence-corrected chi connectivity index (χ0v) is 7.77. The van der Waals surface area contributed by atoms with Gasteiger partial charge in [-0.05, 0) is 26.0 Å². The summed E-state index contributed by atoms with van der Waals surface area (Å²) in [6, 6.07) is 3.79. The highest BCUT2D eigenvalue weighted by atomic mass is 16.3. The van der Waals surface area contributed by atoms with Crippen LogP contribution in [0.1, 0.15) is 18.4 Å². The molecule has 0 amide bonds. The van der Waals surface area contributed by atoms with Crippen LogP contribution in [0.2, 0.25) is 0 Å². The quantitative estimate of drug-likeness (QED) is 0.695. The molecule has 1 saturated heterocycles. The van der Waals surface area contributed by atoms with Gasteiger partial charge in [-0.15, -0.1) is 0 Å². The molecule has 0 saturated carbocycles. The summed E-state index contributed by atoms with van der Waals surface area (Å²) < 4.78 is 0. The van der Waals surface area contributed by atoms with Crippen LogP contribution >= 0.6 is 0 Å². The largest absolute Gasteiger partial charge is 0.371 e. The molecule has 1 aromatic heterocycles. The third-order valence-corrected chi connectivity index (χ3v) is 2.77. The molecule has 0 bridgehead atoms. The molecule has 2 rings (SSSR count). The molecule has 2 heterocycles. The van der Waals surface area contributed by atoms with E-state index in [1.165, 1.54) is 0 Å². The number of hydrogen-bond donors (Lipinski definition) is 1. The van der Waals surface area contributed by atoms with Crippen molar-refractivity contribution in [3.05, 3.63) is 30.1 Å². The van der Waals surface area contributed by atoms with Gasteiger partial charge in [-0.3, -0.25) is 9.88 Å². The first-order chi connectivity index (χ1) is 6.23. The lowest BCUT2D eigenvalue weighted by Gasteiger charge is -2.30. The molecular formula is C10H14N2O. The van der Waals surface area contributed by atoms with Crippen LogP contribution in [-0.4, -0.2) is 28.6 Å². The van der Waals surface area contributed by atoms with Gasteiger partial charge in [0.1, 0.15) is 5.72 Å². The zero-order chi connectivity index (χ0) is 9.31. The van der Waals surface area contributed by atoms with Gasteiger partial charge in [-0.1, -0.05) is 6.07 Å². The number of pyridine rings is 1. The molecule has 70 valence electrons. The van der Waals surface area contributed by atoms with Crippen molar-refractivity contribution in [1.29, 1.82) is 0 Å². The first-order valence-corrected chi connectivity index (χ1v) is 4.57. The first kappa shape index (κ1) is 8.66. The predicted molar refractivity (Wildman–Crippen MR) is 50.0 cm³/mol. The molecule has 0 radical (unpaired) electrons. The van der Waals surface area contributed by atoms with Crippen molar-refractivity contribution in [2.24, 2.45) is 0 Å². The van der Waals surface area contributed by atoms with Crippen molar-refractivity contribution in [1.82, 2.24) is 9.88 Å². The molecule has 1 atom stereocenters. The average molecular weight is 178 g/mol. The van der Waals surface area contributed by atoms with Crippen LogP contribution in [0.3, 0.4) is 0 Å². The van der Waals surface area contributed by atoms with Gasteiger partial charge >= 0.3 is 0 Å². The van der Waals surface area contributed by atoms with Crippen LogP contribution in [0.4, 0.5) is 0 Å². The summed E-state index contributed by atoms with van der Waals surface area (Å²) in [5, 5.41) is 10.3. The maximum Gasteiger partial charge on any atom is 0.145 e. The Hall–Kier alpha value is -0.930. The highest BCUT2D eigenvalue weighted by molar-refractivity contribution is 5.18. The van der Waals surface area contributed by atoms with Gasteiger partial charge in [0.2, 0.25) is 0 Å². The Balaban J connectivity index is 2.34. The minimum absolute atomic E-state index is 0.783. The van der Waals surface area contributed by atoms with Crippen LogP contribution in [0.5, 0.6) is 0 Å². The second-order valence-corrected chi connectivity index (χ2v) is 3.58. The smallest absolute Gasteiger partial charge is 0.145 e. The second kappa shape index (κ2) is 3.09. The molecule has 0 spiro atoms. The van der Waals surface area contributed by atoms with E-state index in [4.69, 9.17) is 0 Å². The fraction of sp³-hybridized carbons (Fsp3) is 0.500. The lowest BCUT2D eigenvalue weighted by molar-refractivity contribution is -0.0738. The highest BCUT2D eigenvalue weighted by Gasteiger charge is 2.38. The van der Waals surface area contributed by atoms with Gasteiger partial charge in [0.05, 0.1) is 0 Å². The van der Waals surface area contributed by atoms with Crippen molar-refractivity contribution in [3.63, 3.8) is 0 Å². The molecule has 1 unspecified atom stereocenters. The van der Waals surface area contributed by atoms with E-state index in [2.05, 4.69) is 4.98 Å². The molecule has 13 heavy (non-hydrogen) atoms. The number of rotatable bonds is 1. The van der Waals surface area contributed by atoms with Crippen LogP contribution in [0.15, 0.2) is 24.5 Å². The van der Waals surface area contributed by atoms with Gasteiger partial charge in [-0.25, -0.2) is 0 Å². The molecule has 1 aromatic rings. The summed E-state index contributed by atoms with van der Waals surface area (Å²) in [5.41, 5.74) is 0.115. The van der Waals surface area contributed by atoms with E-state index in [1.807, 2.05) is 24.1 Å². The van der Waals surface area contributed by atoms with Crippen molar-refractivity contribution in [3.8, 4) is 0 Å². The summed E-state index contributed by atoms with van der Waals surface area (Å²) in [5.74, 6) is 0. The van der Waals surface area contributed by atoms with Gasteiger partial charge in [-0.2, -0.15) is 0 Å². The maximum absolute atomic E-state index is 10.3. The molecule has 1 fully saturated rings. The maximum atomic E-state index is 10.3. The van der Waals surface area contributed by atoms with Gasteiger partial charge in [0.25, 0.3) is 0 Å². The van der Waals surface area contributed by atoms with Crippen LogP contribution in [-0.2, 0) is 5.72 Å². The third kappa shape index (κ3) is 1.34. The molecule has 1 aliphatic heterocycles. The fourth-order valence-electron chi connectivity index (χ4n) is 1.90. The minimum Gasteiger partial charge on any atom is -0.371 e. The summed E-state index contributed by atoms with van der Waals surface area (Å²) in [7, 11) is 1.94. The Labute approximate surface area is 78.0 Å². The van der Waals surface area contributed by atoms with Crippen LogP contribution < -0.4 is 0 Å². The highest BCUT2D eigenvalue weighted by Crippen LogP contribution is 2.34. The molecule has 0 aliphatic carbocycles. The monoisotopic (exact) mass is 178 g/mol. The molecule has 1 N–H and O–H groups in total. The Morgan fingerprint density at radius 3 is 3.00 bits per heavy atom. The summed E-state index contributed by atoms with van der Waals surface area (Å²) in [6.45, 7) is 0.950. The van der Waals surface area contributed by atoms with E-state index in [1.54, 1.807) is 12.4 Å². The van der Waals surface area contributed by atoms with E-state index in [-0.39, 0.29) is 0 Å². The molecule has 3 heteroatoms. The van der Waals surface area contributed by atoms with Gasteiger partial charge in [0, 0.05) is 24.5 Å². The molecule has 3 nitrogen and oxygen atoms in total. The molecule has 0 aromatic carbocycles. The summed E-state index contributed by atoms with van der Waals surface area (Å²) in [4.78, 5) is 6.00. The average Bonchev–Trinajstić information content (AvgIpc) is 2.50. The van der Waals surface area contributed by atoms with Gasteiger partial charge < -0.3 is 5.11 Å². The standard InChI is InChI=1S/C10H14N2O/c1-12-7-3-5-10(12,13)9-4-2-6-11-8-9/h2,4,6,8,13H,3,5,7H2,1H3. The van der Waals surface area contributed by atoms with E-state index in [9.17, 15) is 5.11 Å². The normalized spacial score (nSPS) is 29.4. The number of aliphatic hydroxyl groups is 1. The Bertz CT molecular complexity index is 288. The SMILES string of the molecule is CN1CCCC1(O)c1cccnc1. The first-order valence-electron chi connectivity index (χ1n) is 4.57. The summed E-state index contributed by atoms with van der Waals surface area (Å²) >= 11 is 0. The Kier molecular flexibility index (Phi) is 2.06. The zero-order valence-electron chi connectivity index (χ0n) is 7.77. The minimum atomic E-state index is -0.783. The second-order valence-electron chi connectivity index (χ2n) is 3.58. The fourth-order valence-corrected chi connectivity index (χ4v) is 1.90. The van der Waals surface area contributed by atoms with Gasteiger partial charge in [0.15, 0.2) is 0 Å². The molecule has 1 aliphatic rings. The molecular weight excluding hydrogens is 164 g/mol. The Morgan fingerprint density at radius 1 is 1.62 bits per heavy atom. The van der Waals surface area contributed by atoms with E-state index < -0.39 is 5.72 Å². The van der Waals surface area contributed by atoms with E-state index in [0.717, 1.165) is 24.9 Å². The Morgan fingerprint density at radius 2 is 2.46 bits per heavy atom. The number of nitrogens with zero attached hydrogens (tertiary/aromatic N) is 2. The summed E-state index contributed by atoms with van der Waals surface area (Å²) in [6.07, 6.45) is 5.31. The number of likely N-dealkylation sites (tertiary alicyclic amines) is 1. The predicted octanol–water partition coefficient (Wildman–Crippen LogP) is 0.952. The van der Waals surface area contributed by atoms with Crippen LogP contribution in [0, 0.1) is 0 Å². The third-order valence-electron chi connectivity index (χ3n) is 2.77. The lowest BCUT2D eigenvalue weighted by Crippen LogP contribution is -2.38.